The van der Waals surface area contributed by atoms with Crippen molar-refractivity contribution in [3.05, 3.63) is 21.9 Å². The molecule has 82 valence electrons. The number of methoxy groups -OCH3 is 1. The molecule has 0 amide bonds. The maximum absolute atomic E-state index is 11.6. The van der Waals surface area contributed by atoms with Crippen LogP contribution in [0.4, 0.5) is 0 Å². The fraction of sp³-hybridized carbons (Fsp3) is 0.400. The third kappa shape index (κ3) is 2.68. The number of hydrogen-bond donors (Lipinski definition) is 0. The molecular formula is C10H12BrNO3. The molecule has 1 rings (SSSR count). The third-order valence-corrected chi connectivity index (χ3v) is 2.30. The topological polar surface area (TPSA) is 48.4 Å². The van der Waals surface area contributed by atoms with Crippen molar-refractivity contribution in [2.24, 2.45) is 0 Å². The Morgan fingerprint density at radius 3 is 2.80 bits per heavy atom. The summed E-state index contributed by atoms with van der Waals surface area (Å²) in [5.74, 6) is -0.000370. The minimum Gasteiger partial charge on any atom is -0.493 e. The number of esters is 1. The molecule has 4 nitrogen and oxygen atoms in total. The lowest BCUT2D eigenvalue weighted by Crippen LogP contribution is -2.08. The summed E-state index contributed by atoms with van der Waals surface area (Å²) in [6.45, 7) is 3.89. The minimum absolute atomic E-state index is 0.334. The first kappa shape index (κ1) is 12.0. The number of halogens is 1. The molecule has 0 aliphatic rings. The number of ether oxygens (including phenoxy) is 2. The van der Waals surface area contributed by atoms with Crippen molar-refractivity contribution in [1.29, 1.82) is 0 Å². The molecular weight excluding hydrogens is 262 g/mol. The summed E-state index contributed by atoms with van der Waals surface area (Å²) in [5.41, 5.74) is 1.12. The van der Waals surface area contributed by atoms with E-state index < -0.39 is 5.97 Å². The number of carbonyl (C=O) groups excluding carboxylic acids is 1. The zero-order valence-corrected chi connectivity index (χ0v) is 10.4. The number of aryl methyl sites for hydroxylation is 1. The number of nitrogens with zero attached hydrogens (tertiary/aromatic N) is 1. The first-order valence-electron chi connectivity index (χ1n) is 4.48. The van der Waals surface area contributed by atoms with Crippen LogP contribution in [0.15, 0.2) is 10.7 Å². The number of aromatic nitrogens is 1. The van der Waals surface area contributed by atoms with Crippen LogP contribution in [-0.2, 0) is 4.74 Å². The van der Waals surface area contributed by atoms with E-state index in [0.29, 0.717) is 22.5 Å². The normalized spacial score (nSPS) is 9.87. The van der Waals surface area contributed by atoms with E-state index >= 15 is 0 Å². The van der Waals surface area contributed by atoms with Crippen LogP contribution in [0.25, 0.3) is 0 Å². The van der Waals surface area contributed by atoms with E-state index in [2.05, 4.69) is 20.9 Å². The highest BCUT2D eigenvalue weighted by Gasteiger charge is 2.17. The molecule has 0 fully saturated rings. The second-order valence-corrected chi connectivity index (χ2v) is 3.61. The van der Waals surface area contributed by atoms with Crippen molar-refractivity contribution in [3.8, 4) is 5.75 Å². The van der Waals surface area contributed by atoms with E-state index in [1.807, 2.05) is 0 Å². The lowest BCUT2D eigenvalue weighted by Gasteiger charge is -2.09. The van der Waals surface area contributed by atoms with Crippen LogP contribution < -0.4 is 4.74 Å². The zero-order chi connectivity index (χ0) is 11.4. The Morgan fingerprint density at radius 1 is 1.60 bits per heavy atom. The van der Waals surface area contributed by atoms with Crippen LogP contribution in [0.5, 0.6) is 5.75 Å². The highest BCUT2D eigenvalue weighted by molar-refractivity contribution is 9.10. The summed E-state index contributed by atoms with van der Waals surface area (Å²) >= 11 is 3.23. The van der Waals surface area contributed by atoms with Gasteiger partial charge in [0.2, 0.25) is 0 Å². The first-order chi connectivity index (χ1) is 7.10. The predicted octanol–water partition coefficient (Wildman–Crippen LogP) is 2.34. The Hall–Kier alpha value is -1.10. The summed E-state index contributed by atoms with van der Waals surface area (Å²) in [4.78, 5) is 15.7. The highest BCUT2D eigenvalue weighted by Crippen LogP contribution is 2.28. The van der Waals surface area contributed by atoms with Crippen molar-refractivity contribution in [2.75, 3.05) is 13.7 Å². The van der Waals surface area contributed by atoms with Crippen molar-refractivity contribution in [2.45, 2.75) is 13.8 Å². The molecule has 5 heteroatoms. The maximum Gasteiger partial charge on any atom is 0.342 e. The second-order valence-electron chi connectivity index (χ2n) is 2.86. The zero-order valence-electron chi connectivity index (χ0n) is 8.83. The number of pyridine rings is 1. The molecule has 0 atom stereocenters. The van der Waals surface area contributed by atoms with Crippen molar-refractivity contribution < 1.29 is 14.3 Å². The Labute approximate surface area is 96.7 Å². The van der Waals surface area contributed by atoms with Gasteiger partial charge in [0.1, 0.15) is 10.2 Å². The number of rotatable bonds is 3. The average molecular weight is 274 g/mol. The smallest absolute Gasteiger partial charge is 0.342 e. The van der Waals surface area contributed by atoms with Gasteiger partial charge in [-0.1, -0.05) is 0 Å². The van der Waals surface area contributed by atoms with Crippen LogP contribution in [0.3, 0.4) is 0 Å². The standard InChI is InChI=1S/C10H12BrNO3/c1-4-15-10(13)7-5-6(2)12-9(11)8(7)14-3/h5H,4H2,1-3H3. The summed E-state index contributed by atoms with van der Waals surface area (Å²) in [6.07, 6.45) is 0. The molecule has 15 heavy (non-hydrogen) atoms. The van der Waals surface area contributed by atoms with E-state index in [1.54, 1.807) is 19.9 Å². The fourth-order valence-electron chi connectivity index (χ4n) is 1.18. The van der Waals surface area contributed by atoms with Crippen LogP contribution in [-0.4, -0.2) is 24.7 Å². The van der Waals surface area contributed by atoms with Crippen LogP contribution in [0.2, 0.25) is 0 Å². The summed E-state index contributed by atoms with van der Waals surface area (Å²) in [6, 6.07) is 1.64. The average Bonchev–Trinajstić information content (AvgIpc) is 2.17. The van der Waals surface area contributed by atoms with Gasteiger partial charge >= 0.3 is 5.97 Å². The maximum atomic E-state index is 11.6. The fourth-order valence-corrected chi connectivity index (χ4v) is 1.83. The van der Waals surface area contributed by atoms with E-state index in [4.69, 9.17) is 9.47 Å². The molecule has 0 N–H and O–H groups in total. The van der Waals surface area contributed by atoms with E-state index in [0.717, 1.165) is 5.69 Å². The summed E-state index contributed by atoms with van der Waals surface area (Å²) in [7, 11) is 1.49. The molecule has 0 unspecified atom stereocenters. The second kappa shape index (κ2) is 5.11. The molecule has 0 radical (unpaired) electrons. The van der Waals surface area contributed by atoms with Crippen molar-refractivity contribution in [3.63, 3.8) is 0 Å². The van der Waals surface area contributed by atoms with Gasteiger partial charge in [0.25, 0.3) is 0 Å². The SMILES string of the molecule is CCOC(=O)c1cc(C)nc(Br)c1OC. The Morgan fingerprint density at radius 2 is 2.27 bits per heavy atom. The lowest BCUT2D eigenvalue weighted by molar-refractivity contribution is 0.0522. The molecule has 0 aliphatic heterocycles. The van der Waals surface area contributed by atoms with E-state index in [9.17, 15) is 4.79 Å². The van der Waals surface area contributed by atoms with Crippen LogP contribution >= 0.6 is 15.9 Å². The first-order valence-corrected chi connectivity index (χ1v) is 5.27. The van der Waals surface area contributed by atoms with Crippen LogP contribution in [0, 0.1) is 6.92 Å². The molecule has 0 saturated heterocycles. The molecule has 0 aliphatic carbocycles. The van der Waals surface area contributed by atoms with E-state index in [1.165, 1.54) is 7.11 Å². The molecule has 0 aromatic carbocycles. The van der Waals surface area contributed by atoms with Gasteiger partial charge in [0, 0.05) is 5.69 Å². The number of hydrogen-bond acceptors (Lipinski definition) is 4. The van der Waals surface area contributed by atoms with Gasteiger partial charge in [-0.25, -0.2) is 9.78 Å². The molecule has 0 bridgehead atoms. The summed E-state index contributed by atoms with van der Waals surface area (Å²) in [5, 5.41) is 0. The highest BCUT2D eigenvalue weighted by atomic mass is 79.9. The summed E-state index contributed by atoms with van der Waals surface area (Å²) < 4.78 is 10.5. The van der Waals surface area contributed by atoms with Gasteiger partial charge in [-0.05, 0) is 35.8 Å². The molecule has 0 saturated carbocycles. The Kier molecular flexibility index (Phi) is 4.08. The van der Waals surface area contributed by atoms with Crippen LogP contribution in [0.1, 0.15) is 23.0 Å². The molecule has 1 aromatic heterocycles. The van der Waals surface area contributed by atoms with E-state index in [-0.39, 0.29) is 0 Å². The number of carbonyl (C=O) groups is 1. The third-order valence-electron chi connectivity index (χ3n) is 1.76. The van der Waals surface area contributed by atoms with Gasteiger partial charge in [-0.15, -0.1) is 0 Å². The van der Waals surface area contributed by atoms with Crippen molar-refractivity contribution >= 4 is 21.9 Å². The molecule has 1 heterocycles. The molecule has 0 spiro atoms. The van der Waals surface area contributed by atoms with Crippen molar-refractivity contribution in [1.82, 2.24) is 4.98 Å². The quantitative estimate of drug-likeness (QED) is 0.627. The lowest BCUT2D eigenvalue weighted by atomic mass is 10.2. The van der Waals surface area contributed by atoms with Gasteiger partial charge in [-0.3, -0.25) is 0 Å². The van der Waals surface area contributed by atoms with Gasteiger partial charge < -0.3 is 9.47 Å². The molecule has 1 aromatic rings. The predicted molar refractivity (Wildman–Crippen MR) is 59.2 cm³/mol. The monoisotopic (exact) mass is 273 g/mol. The van der Waals surface area contributed by atoms with Gasteiger partial charge in [0.15, 0.2) is 5.75 Å². The minimum atomic E-state index is -0.402. The largest absolute Gasteiger partial charge is 0.493 e. The Bertz CT molecular complexity index is 379. The van der Waals surface area contributed by atoms with Gasteiger partial charge in [0.05, 0.1) is 13.7 Å². The van der Waals surface area contributed by atoms with Gasteiger partial charge in [-0.2, -0.15) is 0 Å². The Balaban J connectivity index is 3.20.